The first-order chi connectivity index (χ1) is 8.19. The zero-order valence-electron chi connectivity index (χ0n) is 9.73. The topological polar surface area (TPSA) is 73.1 Å². The van der Waals surface area contributed by atoms with Crippen molar-refractivity contribution in [3.63, 3.8) is 0 Å². The van der Waals surface area contributed by atoms with Crippen LogP contribution in [0.15, 0.2) is 18.2 Å². The molecule has 90 valence electrons. The summed E-state index contributed by atoms with van der Waals surface area (Å²) in [5, 5.41) is 12.9. The first-order valence-electron chi connectivity index (χ1n) is 5.15. The van der Waals surface area contributed by atoms with E-state index in [1.807, 2.05) is 25.1 Å². The van der Waals surface area contributed by atoms with Gasteiger partial charge in [-0.3, -0.25) is 0 Å². The summed E-state index contributed by atoms with van der Waals surface area (Å²) in [4.78, 5) is 0. The molecule has 0 saturated heterocycles. The van der Waals surface area contributed by atoms with Crippen LogP contribution in [-0.2, 0) is 6.54 Å². The fourth-order valence-electron chi connectivity index (χ4n) is 1.44. The highest BCUT2D eigenvalue weighted by molar-refractivity contribution is 7.15. The van der Waals surface area contributed by atoms with Crippen LogP contribution in [0.2, 0.25) is 0 Å². The van der Waals surface area contributed by atoms with Gasteiger partial charge in [-0.1, -0.05) is 17.4 Å². The molecule has 1 heterocycles. The summed E-state index contributed by atoms with van der Waals surface area (Å²) >= 11 is 1.53. The first-order valence-corrected chi connectivity index (χ1v) is 5.97. The molecular formula is C11H14N4OS. The molecule has 0 unspecified atom stereocenters. The predicted octanol–water partition coefficient (Wildman–Crippen LogP) is 2.05. The van der Waals surface area contributed by atoms with Crippen molar-refractivity contribution in [2.45, 2.75) is 13.5 Å². The maximum Gasteiger partial charge on any atom is 0.205 e. The SMILES string of the molecule is COc1ccc(CNc2nnc(C)s2)cc1N. The fourth-order valence-corrected chi connectivity index (χ4v) is 2.03. The van der Waals surface area contributed by atoms with Crippen molar-refractivity contribution in [2.24, 2.45) is 0 Å². The third kappa shape index (κ3) is 2.85. The van der Waals surface area contributed by atoms with Crippen molar-refractivity contribution in [1.29, 1.82) is 0 Å². The van der Waals surface area contributed by atoms with Crippen molar-refractivity contribution >= 4 is 22.2 Å². The largest absolute Gasteiger partial charge is 0.495 e. The number of nitrogens with one attached hydrogen (secondary N) is 1. The Morgan fingerprint density at radius 3 is 2.82 bits per heavy atom. The summed E-state index contributed by atoms with van der Waals surface area (Å²) in [6, 6.07) is 5.72. The molecule has 0 aliphatic carbocycles. The van der Waals surface area contributed by atoms with E-state index in [2.05, 4.69) is 15.5 Å². The van der Waals surface area contributed by atoms with E-state index in [-0.39, 0.29) is 0 Å². The number of nitrogen functional groups attached to an aromatic ring is 1. The Labute approximate surface area is 104 Å². The molecule has 2 rings (SSSR count). The standard InChI is InChI=1S/C11H14N4OS/c1-7-14-15-11(17-7)13-6-8-3-4-10(16-2)9(12)5-8/h3-5H,6,12H2,1-2H3,(H,13,15). The van der Waals surface area contributed by atoms with Gasteiger partial charge >= 0.3 is 0 Å². The number of aryl methyl sites for hydroxylation is 1. The van der Waals surface area contributed by atoms with Crippen molar-refractivity contribution in [2.75, 3.05) is 18.2 Å². The summed E-state index contributed by atoms with van der Waals surface area (Å²) < 4.78 is 5.10. The third-order valence-corrected chi connectivity index (χ3v) is 3.06. The predicted molar refractivity (Wildman–Crippen MR) is 69.4 cm³/mol. The Morgan fingerprint density at radius 1 is 1.41 bits per heavy atom. The van der Waals surface area contributed by atoms with Gasteiger partial charge in [0, 0.05) is 6.54 Å². The molecule has 0 fully saturated rings. The van der Waals surface area contributed by atoms with E-state index in [9.17, 15) is 0 Å². The molecule has 0 amide bonds. The Kier molecular flexibility index (Phi) is 3.43. The molecule has 17 heavy (non-hydrogen) atoms. The van der Waals surface area contributed by atoms with Crippen LogP contribution in [0, 0.1) is 6.92 Å². The van der Waals surface area contributed by atoms with Crippen molar-refractivity contribution in [1.82, 2.24) is 10.2 Å². The number of anilines is 2. The lowest BCUT2D eigenvalue weighted by Gasteiger charge is -2.07. The van der Waals surface area contributed by atoms with E-state index in [0.717, 1.165) is 15.7 Å². The lowest BCUT2D eigenvalue weighted by atomic mass is 10.2. The van der Waals surface area contributed by atoms with E-state index < -0.39 is 0 Å². The fraction of sp³-hybridized carbons (Fsp3) is 0.273. The van der Waals surface area contributed by atoms with E-state index in [1.54, 1.807) is 7.11 Å². The molecule has 0 aliphatic heterocycles. The Morgan fingerprint density at radius 2 is 2.24 bits per heavy atom. The Bertz CT molecular complexity index is 512. The molecule has 1 aromatic heterocycles. The Balaban J connectivity index is 2.02. The van der Waals surface area contributed by atoms with E-state index >= 15 is 0 Å². The maximum atomic E-state index is 5.83. The van der Waals surface area contributed by atoms with Crippen molar-refractivity contribution in [3.05, 3.63) is 28.8 Å². The van der Waals surface area contributed by atoms with Gasteiger partial charge in [-0.25, -0.2) is 0 Å². The van der Waals surface area contributed by atoms with Crippen LogP contribution >= 0.6 is 11.3 Å². The molecule has 1 aromatic carbocycles. The Hall–Kier alpha value is -1.82. The number of rotatable bonds is 4. The van der Waals surface area contributed by atoms with Gasteiger partial charge in [-0.05, 0) is 24.6 Å². The number of methoxy groups -OCH3 is 1. The molecular weight excluding hydrogens is 236 g/mol. The molecule has 6 heteroatoms. The number of nitrogens with zero attached hydrogens (tertiary/aromatic N) is 2. The summed E-state index contributed by atoms with van der Waals surface area (Å²) in [6.45, 7) is 2.59. The summed E-state index contributed by atoms with van der Waals surface area (Å²) in [7, 11) is 1.60. The minimum absolute atomic E-state index is 0.639. The van der Waals surface area contributed by atoms with Gasteiger partial charge in [0.05, 0.1) is 12.8 Å². The number of nitrogens with two attached hydrogens (primary N) is 1. The minimum Gasteiger partial charge on any atom is -0.495 e. The number of aromatic nitrogens is 2. The molecule has 0 aliphatic rings. The summed E-state index contributed by atoms with van der Waals surface area (Å²) in [5.74, 6) is 0.695. The highest BCUT2D eigenvalue weighted by Gasteiger charge is 2.02. The van der Waals surface area contributed by atoms with Gasteiger partial charge < -0.3 is 15.8 Å². The zero-order chi connectivity index (χ0) is 12.3. The lowest BCUT2D eigenvalue weighted by molar-refractivity contribution is 0.417. The third-order valence-electron chi connectivity index (χ3n) is 2.26. The highest BCUT2D eigenvalue weighted by Crippen LogP contribution is 2.22. The molecule has 2 aromatic rings. The van der Waals surface area contributed by atoms with Crippen LogP contribution in [0.4, 0.5) is 10.8 Å². The normalized spacial score (nSPS) is 10.2. The average Bonchev–Trinajstić information content (AvgIpc) is 2.73. The maximum absolute atomic E-state index is 5.83. The van der Waals surface area contributed by atoms with Gasteiger partial charge in [0.15, 0.2) is 0 Å². The minimum atomic E-state index is 0.639. The smallest absolute Gasteiger partial charge is 0.205 e. The van der Waals surface area contributed by atoms with Gasteiger partial charge in [0.25, 0.3) is 0 Å². The van der Waals surface area contributed by atoms with Gasteiger partial charge in [0.1, 0.15) is 10.8 Å². The van der Waals surface area contributed by atoms with Crippen LogP contribution in [0.25, 0.3) is 0 Å². The summed E-state index contributed by atoms with van der Waals surface area (Å²) in [6.07, 6.45) is 0. The number of hydrogen-bond acceptors (Lipinski definition) is 6. The van der Waals surface area contributed by atoms with Gasteiger partial charge in [-0.15, -0.1) is 10.2 Å². The molecule has 0 spiro atoms. The number of hydrogen-bond donors (Lipinski definition) is 2. The highest BCUT2D eigenvalue weighted by atomic mass is 32.1. The van der Waals surface area contributed by atoms with Crippen LogP contribution in [0.3, 0.4) is 0 Å². The second kappa shape index (κ2) is 5.01. The second-order valence-electron chi connectivity index (χ2n) is 3.56. The number of ether oxygens (including phenoxy) is 1. The lowest BCUT2D eigenvalue weighted by Crippen LogP contribution is -2.00. The molecule has 3 N–H and O–H groups in total. The van der Waals surface area contributed by atoms with Crippen LogP contribution in [0.5, 0.6) is 5.75 Å². The van der Waals surface area contributed by atoms with Crippen molar-refractivity contribution < 1.29 is 4.74 Å². The first kappa shape index (κ1) is 11.7. The monoisotopic (exact) mass is 250 g/mol. The molecule has 0 saturated carbocycles. The van der Waals surface area contributed by atoms with Crippen LogP contribution < -0.4 is 15.8 Å². The van der Waals surface area contributed by atoms with Gasteiger partial charge in [-0.2, -0.15) is 0 Å². The average molecular weight is 250 g/mol. The van der Waals surface area contributed by atoms with Crippen LogP contribution in [0.1, 0.15) is 10.6 Å². The van der Waals surface area contributed by atoms with Crippen LogP contribution in [-0.4, -0.2) is 17.3 Å². The molecule has 0 atom stereocenters. The van der Waals surface area contributed by atoms with E-state index in [0.29, 0.717) is 18.0 Å². The molecule has 5 nitrogen and oxygen atoms in total. The number of benzene rings is 1. The molecule has 0 bridgehead atoms. The zero-order valence-corrected chi connectivity index (χ0v) is 10.5. The molecule has 0 radical (unpaired) electrons. The van der Waals surface area contributed by atoms with E-state index in [4.69, 9.17) is 10.5 Å². The second-order valence-corrected chi connectivity index (χ2v) is 4.74. The quantitative estimate of drug-likeness (QED) is 0.812. The van der Waals surface area contributed by atoms with Gasteiger partial charge in [0.2, 0.25) is 5.13 Å². The van der Waals surface area contributed by atoms with E-state index in [1.165, 1.54) is 11.3 Å². The van der Waals surface area contributed by atoms with Crippen molar-refractivity contribution in [3.8, 4) is 5.75 Å². The summed E-state index contributed by atoms with van der Waals surface area (Å²) in [5.41, 5.74) is 7.55.